The first kappa shape index (κ1) is 17.4. The molecule has 1 aromatic carbocycles. The number of halogens is 2. The largest absolute Gasteiger partial charge is 0.452 e. The summed E-state index contributed by atoms with van der Waals surface area (Å²) in [7, 11) is 0. The lowest BCUT2D eigenvalue weighted by Gasteiger charge is -2.20. The molecule has 0 spiro atoms. The molecular formula is C15H17BrFNO3. The van der Waals surface area contributed by atoms with Gasteiger partial charge in [-0.05, 0) is 32.0 Å². The number of hydrogen-bond acceptors (Lipinski definition) is 3. The van der Waals surface area contributed by atoms with Crippen molar-refractivity contribution in [1.29, 1.82) is 0 Å². The summed E-state index contributed by atoms with van der Waals surface area (Å²) in [6.07, 6.45) is 0. The number of amides is 1. The van der Waals surface area contributed by atoms with E-state index in [9.17, 15) is 14.0 Å². The van der Waals surface area contributed by atoms with E-state index in [1.165, 1.54) is 17.0 Å². The van der Waals surface area contributed by atoms with Crippen LogP contribution in [0.4, 0.5) is 4.39 Å². The second kappa shape index (κ2) is 7.93. The van der Waals surface area contributed by atoms with Crippen LogP contribution in [0.25, 0.3) is 0 Å². The summed E-state index contributed by atoms with van der Waals surface area (Å²) in [5.74, 6) is -1.90. The van der Waals surface area contributed by atoms with Crippen molar-refractivity contribution < 1.29 is 18.7 Å². The standard InChI is InChI=1S/C15H17BrFNO3/c1-4-18(8-10(2)3)14(19)9-21-15(20)12-7-11(16)5-6-13(12)17/h5-7H,2,4,8-9H2,1,3H3. The molecule has 0 atom stereocenters. The molecule has 0 N–H and O–H groups in total. The molecule has 0 aliphatic carbocycles. The van der Waals surface area contributed by atoms with Crippen LogP contribution in [0.5, 0.6) is 0 Å². The van der Waals surface area contributed by atoms with Gasteiger partial charge >= 0.3 is 5.97 Å². The van der Waals surface area contributed by atoms with Gasteiger partial charge in [-0.2, -0.15) is 0 Å². The molecule has 1 amide bonds. The van der Waals surface area contributed by atoms with Crippen molar-refractivity contribution in [2.24, 2.45) is 0 Å². The maximum atomic E-state index is 13.5. The number of carbonyl (C=O) groups excluding carboxylic acids is 2. The predicted molar refractivity (Wildman–Crippen MR) is 81.5 cm³/mol. The van der Waals surface area contributed by atoms with E-state index in [0.29, 0.717) is 17.6 Å². The van der Waals surface area contributed by atoms with E-state index >= 15 is 0 Å². The van der Waals surface area contributed by atoms with Gasteiger partial charge in [0.05, 0.1) is 5.56 Å². The third-order valence-corrected chi connectivity index (χ3v) is 3.16. The minimum atomic E-state index is -0.867. The highest BCUT2D eigenvalue weighted by Crippen LogP contribution is 2.16. The van der Waals surface area contributed by atoms with Crippen LogP contribution in [0.1, 0.15) is 24.2 Å². The van der Waals surface area contributed by atoms with Gasteiger partial charge in [0.2, 0.25) is 0 Å². The van der Waals surface area contributed by atoms with Gasteiger partial charge in [0.25, 0.3) is 5.91 Å². The number of hydrogen-bond donors (Lipinski definition) is 0. The lowest BCUT2D eigenvalue weighted by Crippen LogP contribution is -2.35. The SMILES string of the molecule is C=C(C)CN(CC)C(=O)COC(=O)c1cc(Br)ccc1F. The maximum Gasteiger partial charge on any atom is 0.341 e. The van der Waals surface area contributed by atoms with E-state index < -0.39 is 18.4 Å². The Morgan fingerprint density at radius 1 is 1.43 bits per heavy atom. The van der Waals surface area contributed by atoms with Gasteiger partial charge in [-0.15, -0.1) is 0 Å². The third-order valence-electron chi connectivity index (χ3n) is 2.67. The maximum absolute atomic E-state index is 13.5. The van der Waals surface area contributed by atoms with Crippen molar-refractivity contribution in [3.05, 3.63) is 46.2 Å². The Balaban J connectivity index is 2.65. The number of carbonyl (C=O) groups is 2. The van der Waals surface area contributed by atoms with Crippen LogP contribution in [0.2, 0.25) is 0 Å². The molecule has 6 heteroatoms. The van der Waals surface area contributed by atoms with Gasteiger partial charge in [-0.25, -0.2) is 9.18 Å². The first-order chi connectivity index (χ1) is 9.85. The lowest BCUT2D eigenvalue weighted by molar-refractivity contribution is -0.133. The Morgan fingerprint density at radius 2 is 2.10 bits per heavy atom. The second-order valence-corrected chi connectivity index (χ2v) is 5.48. The molecule has 0 radical (unpaired) electrons. The molecule has 0 heterocycles. The highest BCUT2D eigenvalue weighted by atomic mass is 79.9. The Labute approximate surface area is 131 Å². The van der Waals surface area contributed by atoms with E-state index in [1.54, 1.807) is 6.92 Å². The van der Waals surface area contributed by atoms with Crippen molar-refractivity contribution in [2.45, 2.75) is 13.8 Å². The van der Waals surface area contributed by atoms with Gasteiger partial charge in [0, 0.05) is 17.6 Å². The molecule has 0 aliphatic heterocycles. The van der Waals surface area contributed by atoms with Crippen LogP contribution in [-0.2, 0) is 9.53 Å². The van der Waals surface area contributed by atoms with Crippen molar-refractivity contribution in [1.82, 2.24) is 4.90 Å². The smallest absolute Gasteiger partial charge is 0.341 e. The molecule has 1 rings (SSSR count). The summed E-state index contributed by atoms with van der Waals surface area (Å²) in [5, 5.41) is 0. The summed E-state index contributed by atoms with van der Waals surface area (Å²) < 4.78 is 18.9. The summed E-state index contributed by atoms with van der Waals surface area (Å²) in [6, 6.07) is 3.94. The lowest BCUT2D eigenvalue weighted by atomic mass is 10.2. The Hall–Kier alpha value is -1.69. The highest BCUT2D eigenvalue weighted by Gasteiger charge is 2.18. The zero-order chi connectivity index (χ0) is 16.0. The fourth-order valence-corrected chi connectivity index (χ4v) is 2.01. The number of benzene rings is 1. The fraction of sp³-hybridized carbons (Fsp3) is 0.333. The van der Waals surface area contributed by atoms with Gasteiger partial charge in [0.1, 0.15) is 5.82 Å². The average molecular weight is 358 g/mol. The number of ether oxygens (including phenoxy) is 1. The van der Waals surface area contributed by atoms with Crippen molar-refractivity contribution >= 4 is 27.8 Å². The minimum Gasteiger partial charge on any atom is -0.452 e. The fourth-order valence-electron chi connectivity index (χ4n) is 1.65. The van der Waals surface area contributed by atoms with Crippen LogP contribution in [0.15, 0.2) is 34.8 Å². The molecular weight excluding hydrogens is 341 g/mol. The van der Waals surface area contributed by atoms with E-state index in [-0.39, 0.29) is 11.5 Å². The van der Waals surface area contributed by atoms with E-state index in [2.05, 4.69) is 22.5 Å². The number of likely N-dealkylation sites (N-methyl/N-ethyl adjacent to an activating group) is 1. The number of nitrogens with zero attached hydrogens (tertiary/aromatic N) is 1. The molecule has 4 nitrogen and oxygen atoms in total. The molecule has 0 aliphatic rings. The molecule has 1 aromatic rings. The Kier molecular flexibility index (Phi) is 6.55. The van der Waals surface area contributed by atoms with E-state index in [0.717, 1.165) is 11.6 Å². The average Bonchev–Trinajstić information content (AvgIpc) is 2.44. The number of esters is 1. The van der Waals surface area contributed by atoms with Crippen LogP contribution >= 0.6 is 15.9 Å². The molecule has 0 aromatic heterocycles. The topological polar surface area (TPSA) is 46.6 Å². The Bertz CT molecular complexity index is 560. The Morgan fingerprint density at radius 3 is 2.67 bits per heavy atom. The first-order valence-electron chi connectivity index (χ1n) is 6.39. The molecule has 0 unspecified atom stereocenters. The van der Waals surface area contributed by atoms with Crippen LogP contribution in [-0.4, -0.2) is 36.5 Å². The predicted octanol–water partition coefficient (Wildman–Crippen LogP) is 3.17. The molecule has 0 bridgehead atoms. The van der Waals surface area contributed by atoms with Gasteiger partial charge in [-0.1, -0.05) is 28.1 Å². The molecule has 0 saturated carbocycles. The van der Waals surface area contributed by atoms with E-state index in [1.807, 2.05) is 6.92 Å². The molecule has 0 saturated heterocycles. The van der Waals surface area contributed by atoms with Crippen molar-refractivity contribution in [3.63, 3.8) is 0 Å². The minimum absolute atomic E-state index is 0.208. The zero-order valence-electron chi connectivity index (χ0n) is 12.0. The molecule has 0 fully saturated rings. The van der Waals surface area contributed by atoms with Gasteiger partial charge < -0.3 is 9.64 Å². The van der Waals surface area contributed by atoms with Crippen molar-refractivity contribution in [3.8, 4) is 0 Å². The molecule has 21 heavy (non-hydrogen) atoms. The quantitative estimate of drug-likeness (QED) is 0.580. The van der Waals surface area contributed by atoms with Crippen LogP contribution in [0, 0.1) is 5.82 Å². The summed E-state index contributed by atoms with van der Waals surface area (Å²) >= 11 is 3.15. The van der Waals surface area contributed by atoms with Crippen LogP contribution < -0.4 is 0 Å². The van der Waals surface area contributed by atoms with Crippen molar-refractivity contribution in [2.75, 3.05) is 19.7 Å². The summed E-state index contributed by atoms with van der Waals surface area (Å²) in [4.78, 5) is 25.2. The summed E-state index contributed by atoms with van der Waals surface area (Å²) in [5.41, 5.74) is 0.620. The van der Waals surface area contributed by atoms with E-state index in [4.69, 9.17) is 4.74 Å². The van der Waals surface area contributed by atoms with Gasteiger partial charge in [-0.3, -0.25) is 4.79 Å². The summed E-state index contributed by atoms with van der Waals surface area (Å²) in [6.45, 7) is 7.81. The first-order valence-corrected chi connectivity index (χ1v) is 7.18. The number of rotatable bonds is 6. The van der Waals surface area contributed by atoms with Gasteiger partial charge in [0.15, 0.2) is 6.61 Å². The zero-order valence-corrected chi connectivity index (χ0v) is 13.6. The molecule has 114 valence electrons. The van der Waals surface area contributed by atoms with Crippen LogP contribution in [0.3, 0.4) is 0 Å². The monoisotopic (exact) mass is 357 g/mol. The normalized spacial score (nSPS) is 10.1. The third kappa shape index (κ3) is 5.30. The highest BCUT2D eigenvalue weighted by molar-refractivity contribution is 9.10. The second-order valence-electron chi connectivity index (χ2n) is 4.57.